The van der Waals surface area contributed by atoms with Crippen LogP contribution in [0.4, 0.5) is 13.2 Å². The van der Waals surface area contributed by atoms with Gasteiger partial charge in [-0.2, -0.15) is 13.2 Å². The maximum absolute atomic E-state index is 13.2. The highest BCUT2D eigenvalue weighted by atomic mass is 19.4. The first-order chi connectivity index (χ1) is 13.2. The lowest BCUT2D eigenvalue weighted by Crippen LogP contribution is -2.39. The number of hydrogen-bond donors (Lipinski definition) is 0. The summed E-state index contributed by atoms with van der Waals surface area (Å²) >= 11 is 0. The lowest BCUT2D eigenvalue weighted by Gasteiger charge is -2.29. The zero-order valence-electron chi connectivity index (χ0n) is 15.1. The molecule has 144 valence electrons. The Morgan fingerprint density at radius 2 is 1.75 bits per heavy atom. The van der Waals surface area contributed by atoms with Gasteiger partial charge in [0.15, 0.2) is 11.2 Å². The fourth-order valence-corrected chi connectivity index (χ4v) is 4.03. The van der Waals surface area contributed by atoms with Crippen LogP contribution in [0.1, 0.15) is 34.6 Å². The van der Waals surface area contributed by atoms with Crippen molar-refractivity contribution in [2.24, 2.45) is 5.41 Å². The van der Waals surface area contributed by atoms with Gasteiger partial charge in [-0.15, -0.1) is 0 Å². The molecule has 0 spiro atoms. The van der Waals surface area contributed by atoms with Gasteiger partial charge in [-0.25, -0.2) is 0 Å². The number of hydrogen-bond acceptors (Lipinski definition) is 3. The van der Waals surface area contributed by atoms with E-state index in [4.69, 9.17) is 4.74 Å². The highest BCUT2D eigenvalue weighted by Gasteiger charge is 2.57. The minimum Gasteiger partial charge on any atom is -0.468 e. The summed E-state index contributed by atoms with van der Waals surface area (Å²) in [6.07, 6.45) is -4.47. The van der Waals surface area contributed by atoms with Gasteiger partial charge in [0, 0.05) is 10.9 Å². The van der Waals surface area contributed by atoms with Gasteiger partial charge in [0.2, 0.25) is 0 Å². The summed E-state index contributed by atoms with van der Waals surface area (Å²) in [5, 5.41) is 0.815. The van der Waals surface area contributed by atoms with E-state index in [9.17, 15) is 22.8 Å². The average molecular weight is 387 g/mol. The molecule has 0 bridgehead atoms. The molecule has 3 aromatic rings. The van der Waals surface area contributed by atoms with Crippen molar-refractivity contribution in [3.63, 3.8) is 0 Å². The fraction of sp³-hybridized carbons (Fsp3) is 0.238. The summed E-state index contributed by atoms with van der Waals surface area (Å²) in [5.74, 6) is -1.14. The van der Waals surface area contributed by atoms with Gasteiger partial charge < -0.3 is 9.30 Å². The molecule has 0 radical (unpaired) electrons. The minimum atomic E-state index is -4.47. The molecule has 2 heterocycles. The number of aromatic nitrogens is 1. The number of Topliss-reactive ketones (excluding diaryl/α,β-unsaturated/α-hetero) is 1. The number of para-hydroxylation sites is 1. The Kier molecular flexibility index (Phi) is 3.89. The van der Waals surface area contributed by atoms with Crippen LogP contribution in [0.2, 0.25) is 0 Å². The summed E-state index contributed by atoms with van der Waals surface area (Å²) < 4.78 is 45.5. The fourth-order valence-electron chi connectivity index (χ4n) is 4.03. The van der Waals surface area contributed by atoms with Crippen molar-refractivity contribution < 1.29 is 27.5 Å². The number of rotatable bonds is 2. The number of alkyl halides is 3. The van der Waals surface area contributed by atoms with Gasteiger partial charge in [-0.3, -0.25) is 9.59 Å². The van der Waals surface area contributed by atoms with E-state index in [-0.39, 0.29) is 0 Å². The predicted molar refractivity (Wildman–Crippen MR) is 96.0 cm³/mol. The van der Waals surface area contributed by atoms with E-state index >= 15 is 0 Å². The van der Waals surface area contributed by atoms with Crippen LogP contribution in [0.5, 0.6) is 0 Å². The Hall–Kier alpha value is -3.09. The van der Waals surface area contributed by atoms with Crippen molar-refractivity contribution in [1.82, 2.24) is 4.57 Å². The molecule has 28 heavy (non-hydrogen) atoms. The van der Waals surface area contributed by atoms with Gasteiger partial charge in [-0.05, 0) is 36.8 Å². The Bertz CT molecular complexity index is 1100. The molecule has 0 aliphatic carbocycles. The zero-order valence-corrected chi connectivity index (χ0v) is 15.1. The number of halogens is 3. The van der Waals surface area contributed by atoms with Crippen LogP contribution in [-0.4, -0.2) is 23.4 Å². The van der Waals surface area contributed by atoms with Crippen LogP contribution in [0.3, 0.4) is 0 Å². The molecule has 0 fully saturated rings. The molecule has 0 amide bonds. The van der Waals surface area contributed by atoms with E-state index in [0.717, 1.165) is 23.0 Å². The van der Waals surface area contributed by atoms with E-state index in [1.54, 1.807) is 16.7 Å². The number of ketones is 1. The summed E-state index contributed by atoms with van der Waals surface area (Å²) in [7, 11) is 1.19. The molecular formula is C21H16F3NO3. The van der Waals surface area contributed by atoms with E-state index in [0.29, 0.717) is 11.3 Å². The normalized spacial score (nSPS) is 21.8. The second-order valence-electron chi connectivity index (χ2n) is 7.00. The molecule has 2 aromatic carbocycles. The number of ether oxygens (including phenoxy) is 1. The maximum atomic E-state index is 13.2. The molecule has 1 aliphatic heterocycles. The number of carbonyl (C=O) groups excluding carboxylic acids is 2. The van der Waals surface area contributed by atoms with Crippen LogP contribution in [0.15, 0.2) is 54.6 Å². The van der Waals surface area contributed by atoms with Crippen LogP contribution in [0.25, 0.3) is 10.9 Å². The van der Waals surface area contributed by atoms with E-state index < -0.39 is 34.9 Å². The van der Waals surface area contributed by atoms with Crippen molar-refractivity contribution >= 4 is 22.7 Å². The third-order valence-corrected chi connectivity index (χ3v) is 5.42. The van der Waals surface area contributed by atoms with E-state index in [1.807, 2.05) is 18.2 Å². The van der Waals surface area contributed by atoms with E-state index in [2.05, 4.69) is 0 Å². The number of fused-ring (bicyclic) bond motifs is 3. The number of esters is 1. The Morgan fingerprint density at radius 1 is 1.11 bits per heavy atom. The van der Waals surface area contributed by atoms with Gasteiger partial charge in [0.25, 0.3) is 0 Å². The number of nitrogens with zero attached hydrogens (tertiary/aromatic N) is 1. The van der Waals surface area contributed by atoms with Gasteiger partial charge in [-0.1, -0.05) is 30.3 Å². The first-order valence-electron chi connectivity index (χ1n) is 8.60. The van der Waals surface area contributed by atoms with Crippen molar-refractivity contribution in [2.75, 3.05) is 7.11 Å². The van der Waals surface area contributed by atoms with Gasteiger partial charge >= 0.3 is 12.1 Å². The van der Waals surface area contributed by atoms with Crippen molar-refractivity contribution in [1.29, 1.82) is 0 Å². The largest absolute Gasteiger partial charge is 0.468 e. The lowest BCUT2D eigenvalue weighted by atomic mass is 9.77. The molecule has 0 saturated carbocycles. The van der Waals surface area contributed by atoms with Crippen LogP contribution in [-0.2, 0) is 15.7 Å². The molecule has 4 rings (SSSR count). The smallest absolute Gasteiger partial charge is 0.416 e. The second-order valence-corrected chi connectivity index (χ2v) is 7.00. The topological polar surface area (TPSA) is 48.3 Å². The number of methoxy groups -OCH3 is 1. The van der Waals surface area contributed by atoms with E-state index in [1.165, 1.54) is 26.2 Å². The minimum absolute atomic E-state index is 0.332. The number of benzene rings is 2. The highest BCUT2D eigenvalue weighted by molar-refractivity contribution is 6.16. The predicted octanol–water partition coefficient (Wildman–Crippen LogP) is 4.63. The molecule has 7 heteroatoms. The van der Waals surface area contributed by atoms with Gasteiger partial charge in [0.1, 0.15) is 0 Å². The molecular weight excluding hydrogens is 371 g/mol. The third kappa shape index (κ3) is 2.38. The second kappa shape index (κ2) is 5.95. The maximum Gasteiger partial charge on any atom is 0.416 e. The lowest BCUT2D eigenvalue weighted by molar-refractivity contribution is -0.149. The SMILES string of the molecule is COC(=O)[C@@]1(C)C(=O)c2cc3ccccc3n2[C@@H]1c1ccc(C(F)(F)F)cc1. The molecule has 0 unspecified atom stereocenters. The van der Waals surface area contributed by atoms with Crippen molar-refractivity contribution in [2.45, 2.75) is 19.1 Å². The monoisotopic (exact) mass is 387 g/mol. The summed E-state index contributed by atoms with van der Waals surface area (Å²) in [4.78, 5) is 25.8. The Morgan fingerprint density at radius 3 is 2.36 bits per heavy atom. The van der Waals surface area contributed by atoms with Gasteiger partial charge in [0.05, 0.1) is 24.4 Å². The zero-order chi connectivity index (χ0) is 20.3. The first kappa shape index (κ1) is 18.3. The Balaban J connectivity index is 1.96. The molecule has 2 atom stereocenters. The summed E-state index contributed by atoms with van der Waals surface area (Å²) in [5.41, 5.74) is -0.886. The first-order valence-corrected chi connectivity index (χ1v) is 8.60. The standard InChI is InChI=1S/C21H16F3NO3/c1-20(19(27)28-2)17(12-7-9-14(10-8-12)21(22,23)24)25-15-6-4-3-5-13(15)11-16(25)18(20)26/h3-11,17H,1-2H3/t17-,20-/m1/s1. The average Bonchev–Trinajstić information content (AvgIpc) is 3.15. The third-order valence-electron chi connectivity index (χ3n) is 5.42. The van der Waals surface area contributed by atoms with Crippen LogP contribution < -0.4 is 0 Å². The number of carbonyl (C=O) groups is 2. The molecule has 1 aliphatic rings. The summed E-state index contributed by atoms with van der Waals surface area (Å²) in [6, 6.07) is 12.7. The van der Waals surface area contributed by atoms with Crippen molar-refractivity contribution in [3.8, 4) is 0 Å². The van der Waals surface area contributed by atoms with Crippen molar-refractivity contribution in [3.05, 3.63) is 71.4 Å². The molecule has 1 aromatic heterocycles. The molecule has 0 N–H and O–H groups in total. The highest BCUT2D eigenvalue weighted by Crippen LogP contribution is 2.49. The summed E-state index contributed by atoms with van der Waals surface area (Å²) in [6.45, 7) is 1.48. The molecule has 0 saturated heterocycles. The Labute approximate surface area is 158 Å². The quantitative estimate of drug-likeness (QED) is 0.476. The van der Waals surface area contributed by atoms with Crippen LogP contribution in [0, 0.1) is 5.41 Å². The van der Waals surface area contributed by atoms with Crippen LogP contribution >= 0.6 is 0 Å². The molecule has 4 nitrogen and oxygen atoms in total.